The number of carboxylic acids is 2. The third kappa shape index (κ3) is 13.0. The fourth-order valence-corrected chi connectivity index (χ4v) is 8.22. The quantitative estimate of drug-likeness (QED) is 0.115. The smallest absolute Gasteiger partial charge is 0.328 e. The summed E-state index contributed by atoms with van der Waals surface area (Å²) in [6, 6.07) is 30.3. The van der Waals surface area contributed by atoms with Gasteiger partial charge in [0, 0.05) is 36.0 Å². The van der Waals surface area contributed by atoms with Crippen LogP contribution in [0.15, 0.2) is 106 Å². The van der Waals surface area contributed by atoms with Gasteiger partial charge in [0.2, 0.25) is 0 Å². The number of piperidine rings is 2. The molecule has 0 radical (unpaired) electrons. The Balaban J connectivity index is 0.000000171. The predicted molar refractivity (Wildman–Crippen MR) is 237 cm³/mol. The van der Waals surface area contributed by atoms with E-state index in [0.717, 1.165) is 60.3 Å². The van der Waals surface area contributed by atoms with E-state index in [-0.39, 0.29) is 0 Å². The number of benzene rings is 4. The summed E-state index contributed by atoms with van der Waals surface area (Å²) in [5.41, 5.74) is 12.1. The highest BCUT2D eigenvalue weighted by molar-refractivity contribution is 5.89. The van der Waals surface area contributed by atoms with Gasteiger partial charge in [-0.25, -0.2) is 9.59 Å². The van der Waals surface area contributed by atoms with Gasteiger partial charge in [-0.1, -0.05) is 71.0 Å². The number of nitrogens with zero attached hydrogens (tertiary/aromatic N) is 4. The van der Waals surface area contributed by atoms with Crippen LogP contribution in [0.1, 0.15) is 83.3 Å². The lowest BCUT2D eigenvalue weighted by Crippen LogP contribution is -2.33. The summed E-state index contributed by atoms with van der Waals surface area (Å²) in [7, 11) is 0. The van der Waals surface area contributed by atoms with Crippen molar-refractivity contribution in [1.82, 2.24) is 20.1 Å². The molecule has 0 unspecified atom stereocenters. The topological polar surface area (TPSA) is 133 Å². The molecule has 8 rings (SSSR count). The van der Waals surface area contributed by atoms with Crippen molar-refractivity contribution in [3.05, 3.63) is 142 Å². The Morgan fingerprint density at radius 1 is 0.583 bits per heavy atom. The highest BCUT2D eigenvalue weighted by Crippen LogP contribution is 2.29. The number of likely N-dealkylation sites (tertiary alicyclic amines) is 2. The van der Waals surface area contributed by atoms with E-state index in [9.17, 15) is 9.59 Å². The molecule has 2 saturated heterocycles. The van der Waals surface area contributed by atoms with Gasteiger partial charge < -0.3 is 19.3 Å². The van der Waals surface area contributed by atoms with Gasteiger partial charge in [-0.15, -0.1) is 0 Å². The van der Waals surface area contributed by atoms with E-state index in [1.165, 1.54) is 109 Å². The maximum atomic E-state index is 9.55. The Bertz CT molecular complexity index is 2150. The monoisotopic (exact) mass is 812 g/mol. The zero-order valence-corrected chi connectivity index (χ0v) is 35.6. The minimum absolute atomic E-state index is 0.558. The van der Waals surface area contributed by atoms with Crippen molar-refractivity contribution in [2.75, 3.05) is 26.2 Å². The lowest BCUT2D eigenvalue weighted by atomic mass is 9.91. The van der Waals surface area contributed by atoms with Crippen LogP contribution in [0.3, 0.4) is 0 Å². The van der Waals surface area contributed by atoms with Crippen LogP contribution >= 0.6 is 0 Å². The van der Waals surface area contributed by atoms with Crippen LogP contribution in [0.4, 0.5) is 0 Å². The van der Waals surface area contributed by atoms with Gasteiger partial charge >= 0.3 is 11.9 Å². The molecule has 60 heavy (non-hydrogen) atoms. The molecule has 6 aromatic rings. The van der Waals surface area contributed by atoms with Crippen LogP contribution in [0.2, 0.25) is 0 Å². The molecule has 10 nitrogen and oxygen atoms in total. The zero-order valence-electron chi connectivity index (χ0n) is 35.6. The molecule has 2 aromatic heterocycles. The van der Waals surface area contributed by atoms with Crippen LogP contribution in [0.25, 0.3) is 21.9 Å². The minimum atomic E-state index is -1.26. The summed E-state index contributed by atoms with van der Waals surface area (Å²) in [5.74, 6) is -0.902. The predicted octanol–water partition coefficient (Wildman–Crippen LogP) is 10.3. The molecule has 4 heterocycles. The van der Waals surface area contributed by atoms with Crippen LogP contribution in [0.5, 0.6) is 0 Å². The molecule has 10 heteroatoms. The number of aliphatic carboxylic acids is 2. The van der Waals surface area contributed by atoms with Crippen molar-refractivity contribution >= 4 is 33.9 Å². The molecule has 0 atom stereocenters. The summed E-state index contributed by atoms with van der Waals surface area (Å²) in [6.07, 6.45) is 10.8. The van der Waals surface area contributed by atoms with Crippen molar-refractivity contribution in [3.8, 4) is 0 Å². The van der Waals surface area contributed by atoms with Gasteiger partial charge in [0.25, 0.3) is 0 Å². The number of rotatable bonds is 12. The summed E-state index contributed by atoms with van der Waals surface area (Å²) in [6.45, 7) is 15.6. The first-order valence-corrected chi connectivity index (χ1v) is 21.4. The number of carboxylic acid groups (broad SMARTS) is 2. The Labute approximate surface area is 353 Å². The Kier molecular flexibility index (Phi) is 15.8. The van der Waals surface area contributed by atoms with Crippen LogP contribution in [-0.4, -0.2) is 68.4 Å². The lowest BCUT2D eigenvalue weighted by molar-refractivity contribution is -0.134. The van der Waals surface area contributed by atoms with Gasteiger partial charge in [-0.05, 0) is 175 Å². The van der Waals surface area contributed by atoms with Crippen LogP contribution in [0, 0.1) is 39.5 Å². The van der Waals surface area contributed by atoms with E-state index in [1.807, 2.05) is 0 Å². The van der Waals surface area contributed by atoms with E-state index < -0.39 is 11.9 Å². The molecule has 2 fully saturated rings. The first-order valence-electron chi connectivity index (χ1n) is 21.4. The lowest BCUT2D eigenvalue weighted by Gasteiger charge is -2.31. The maximum Gasteiger partial charge on any atom is 0.328 e. The van der Waals surface area contributed by atoms with E-state index in [4.69, 9.17) is 19.3 Å². The Hall–Kier alpha value is -5.58. The summed E-state index contributed by atoms with van der Waals surface area (Å²) >= 11 is 0. The minimum Gasteiger partial charge on any atom is -0.478 e. The van der Waals surface area contributed by atoms with Crippen molar-refractivity contribution < 1.29 is 28.8 Å². The van der Waals surface area contributed by atoms with Gasteiger partial charge in [-0.2, -0.15) is 0 Å². The summed E-state index contributed by atoms with van der Waals surface area (Å²) in [4.78, 5) is 24.3. The van der Waals surface area contributed by atoms with Crippen LogP contribution in [-0.2, 0) is 35.5 Å². The molecule has 2 aliphatic heterocycles. The molecular weight excluding hydrogens is 753 g/mol. The molecule has 4 aromatic carbocycles. The van der Waals surface area contributed by atoms with Gasteiger partial charge in [0.05, 0.1) is 11.4 Å². The summed E-state index contributed by atoms with van der Waals surface area (Å²) in [5, 5.41) is 26.7. The average molecular weight is 813 g/mol. The second-order valence-corrected chi connectivity index (χ2v) is 16.6. The highest BCUT2D eigenvalue weighted by atomic mass is 16.5. The molecule has 2 aliphatic rings. The number of hydrogen-bond acceptors (Lipinski definition) is 8. The standard InChI is InChI=1S/2C23H28N2O.C4H4O4/c2*1-17-14-21-22(24-26-23(21)15-18(17)2)9-8-19-10-12-25(13-11-19)16-20-6-4-3-5-7-20;5-3(6)1-2-4(7)8/h2*3-7,14-15,19H,8-13,16H2,1-2H3;1-2H,(H,5,6)(H,7,8)/b;;2-1-. The number of aromatic nitrogens is 2. The number of aryl methyl sites for hydroxylation is 6. The van der Waals surface area contributed by atoms with Gasteiger partial charge in [-0.3, -0.25) is 9.80 Å². The first kappa shape index (κ1) is 44.0. The van der Waals surface area contributed by atoms with E-state index >= 15 is 0 Å². The van der Waals surface area contributed by atoms with Crippen molar-refractivity contribution in [3.63, 3.8) is 0 Å². The second kappa shape index (κ2) is 21.6. The maximum absolute atomic E-state index is 9.55. The number of carbonyl (C=O) groups is 2. The molecule has 0 bridgehead atoms. The van der Waals surface area contributed by atoms with Crippen LogP contribution < -0.4 is 0 Å². The van der Waals surface area contributed by atoms with Gasteiger partial charge in [0.15, 0.2) is 11.2 Å². The van der Waals surface area contributed by atoms with Gasteiger partial charge in [0.1, 0.15) is 0 Å². The average Bonchev–Trinajstić information content (AvgIpc) is 3.83. The molecule has 0 saturated carbocycles. The zero-order chi connectivity index (χ0) is 42.4. The van der Waals surface area contributed by atoms with E-state index in [2.05, 4.69) is 133 Å². The molecule has 0 amide bonds. The molecule has 0 spiro atoms. The van der Waals surface area contributed by atoms with Crippen molar-refractivity contribution in [2.24, 2.45) is 11.8 Å². The fraction of sp³-hybridized carbons (Fsp3) is 0.400. The van der Waals surface area contributed by atoms with E-state index in [1.54, 1.807) is 0 Å². The Morgan fingerprint density at radius 3 is 1.28 bits per heavy atom. The SMILES string of the molecule is Cc1cc2onc(CCC3CCN(Cc4ccccc4)CC3)c2cc1C.Cc1cc2onc(CCC3CCN(Cc4ccccc4)CC3)c2cc1C.O=C(O)/C=C\C(=O)O. The number of fused-ring (bicyclic) bond motifs is 2. The highest BCUT2D eigenvalue weighted by Gasteiger charge is 2.22. The van der Waals surface area contributed by atoms with Crippen molar-refractivity contribution in [1.29, 1.82) is 0 Å². The molecule has 316 valence electrons. The third-order valence-corrected chi connectivity index (χ3v) is 12.2. The Morgan fingerprint density at radius 2 is 0.933 bits per heavy atom. The van der Waals surface area contributed by atoms with E-state index in [0.29, 0.717) is 12.2 Å². The first-order chi connectivity index (χ1) is 29.0. The molecule has 2 N–H and O–H groups in total. The third-order valence-electron chi connectivity index (χ3n) is 12.2. The summed E-state index contributed by atoms with van der Waals surface area (Å²) < 4.78 is 11.1. The fourth-order valence-electron chi connectivity index (χ4n) is 8.22. The normalized spacial score (nSPS) is 15.5. The van der Waals surface area contributed by atoms with Crippen molar-refractivity contribution in [2.45, 2.75) is 92.2 Å². The molecular formula is C50H60N4O6. The second-order valence-electron chi connectivity index (χ2n) is 16.6. The number of hydrogen-bond donors (Lipinski definition) is 2. The molecule has 0 aliphatic carbocycles. The largest absolute Gasteiger partial charge is 0.478 e.